The summed E-state index contributed by atoms with van der Waals surface area (Å²) in [5.41, 5.74) is 5.09. The topological polar surface area (TPSA) is 43.1 Å². The number of ketones is 1. The van der Waals surface area contributed by atoms with Gasteiger partial charge in [-0.25, -0.2) is 0 Å². The van der Waals surface area contributed by atoms with E-state index in [1.54, 1.807) is 12.1 Å². The summed E-state index contributed by atoms with van der Waals surface area (Å²) in [6.45, 7) is 0. The quantitative estimate of drug-likeness (QED) is 0.872. The number of rotatable bonds is 3. The summed E-state index contributed by atoms with van der Waals surface area (Å²) in [5.74, 6) is -0.614. The van der Waals surface area contributed by atoms with Gasteiger partial charge >= 0.3 is 6.18 Å². The van der Waals surface area contributed by atoms with Crippen LogP contribution >= 0.6 is 15.9 Å². The van der Waals surface area contributed by atoms with E-state index in [-0.39, 0.29) is 5.56 Å². The van der Waals surface area contributed by atoms with Crippen molar-refractivity contribution < 1.29 is 18.0 Å². The molecule has 6 heteroatoms. The smallest absolute Gasteiger partial charge is 0.320 e. The van der Waals surface area contributed by atoms with Crippen LogP contribution in [-0.2, 0) is 0 Å². The SMILES string of the molecule is NC(CC(=O)c1ccc(Br)cc1)C(F)(F)F. The predicted molar refractivity (Wildman–Crippen MR) is 57.1 cm³/mol. The van der Waals surface area contributed by atoms with Crippen molar-refractivity contribution in [2.24, 2.45) is 5.73 Å². The number of Topliss-reactive ketones (excluding diaryl/α,β-unsaturated/α-hetero) is 1. The predicted octanol–water partition coefficient (Wildman–Crippen LogP) is 2.91. The fraction of sp³-hybridized carbons (Fsp3) is 0.300. The summed E-state index contributed by atoms with van der Waals surface area (Å²) in [4.78, 5) is 11.4. The van der Waals surface area contributed by atoms with Crippen molar-refractivity contribution in [3.8, 4) is 0 Å². The first-order valence-electron chi connectivity index (χ1n) is 4.42. The van der Waals surface area contributed by atoms with Crippen LogP contribution < -0.4 is 5.73 Å². The maximum absolute atomic E-state index is 12.1. The van der Waals surface area contributed by atoms with Gasteiger partial charge in [0.2, 0.25) is 0 Å². The number of halogens is 4. The summed E-state index contributed by atoms with van der Waals surface area (Å²) in [6, 6.07) is 3.98. The second-order valence-corrected chi connectivity index (χ2v) is 4.20. The molecule has 88 valence electrons. The van der Waals surface area contributed by atoms with Gasteiger partial charge in [-0.05, 0) is 12.1 Å². The third kappa shape index (κ3) is 3.61. The van der Waals surface area contributed by atoms with Gasteiger partial charge in [0, 0.05) is 16.5 Å². The van der Waals surface area contributed by atoms with Crippen molar-refractivity contribution >= 4 is 21.7 Å². The molecule has 0 bridgehead atoms. The van der Waals surface area contributed by atoms with Gasteiger partial charge in [0.25, 0.3) is 0 Å². The summed E-state index contributed by atoms with van der Waals surface area (Å²) < 4.78 is 37.1. The number of benzene rings is 1. The summed E-state index contributed by atoms with van der Waals surface area (Å²) in [6.07, 6.45) is -5.27. The van der Waals surface area contributed by atoms with E-state index in [2.05, 4.69) is 15.9 Å². The van der Waals surface area contributed by atoms with E-state index in [9.17, 15) is 18.0 Å². The van der Waals surface area contributed by atoms with Crippen molar-refractivity contribution in [2.45, 2.75) is 18.6 Å². The fourth-order valence-electron chi connectivity index (χ4n) is 1.07. The van der Waals surface area contributed by atoms with E-state index in [0.29, 0.717) is 0 Å². The minimum Gasteiger partial charge on any atom is -0.320 e. The minimum atomic E-state index is -4.54. The summed E-state index contributed by atoms with van der Waals surface area (Å²) in [7, 11) is 0. The molecule has 0 saturated carbocycles. The van der Waals surface area contributed by atoms with Crippen LogP contribution in [0.15, 0.2) is 28.7 Å². The molecule has 1 rings (SSSR count). The van der Waals surface area contributed by atoms with Crippen LogP contribution in [0.3, 0.4) is 0 Å². The molecule has 0 fully saturated rings. The summed E-state index contributed by atoms with van der Waals surface area (Å²) >= 11 is 3.16. The Bertz CT molecular complexity index is 375. The molecule has 2 nitrogen and oxygen atoms in total. The number of nitrogens with two attached hydrogens (primary N) is 1. The van der Waals surface area contributed by atoms with Crippen LogP contribution in [-0.4, -0.2) is 18.0 Å². The first kappa shape index (κ1) is 13.2. The molecule has 0 radical (unpaired) electrons. The van der Waals surface area contributed by atoms with Crippen molar-refractivity contribution in [1.82, 2.24) is 0 Å². The van der Waals surface area contributed by atoms with Gasteiger partial charge in [-0.3, -0.25) is 4.79 Å². The van der Waals surface area contributed by atoms with Crippen molar-refractivity contribution in [1.29, 1.82) is 0 Å². The highest BCUT2D eigenvalue weighted by Gasteiger charge is 2.37. The van der Waals surface area contributed by atoms with E-state index in [1.807, 2.05) is 0 Å². The van der Waals surface area contributed by atoms with Gasteiger partial charge in [0.15, 0.2) is 5.78 Å². The van der Waals surface area contributed by atoms with Crippen molar-refractivity contribution in [2.75, 3.05) is 0 Å². The van der Waals surface area contributed by atoms with E-state index < -0.39 is 24.4 Å². The van der Waals surface area contributed by atoms with Gasteiger partial charge < -0.3 is 5.73 Å². The summed E-state index contributed by atoms with van der Waals surface area (Å²) in [5, 5.41) is 0. The largest absolute Gasteiger partial charge is 0.404 e. The molecule has 0 heterocycles. The van der Waals surface area contributed by atoms with Gasteiger partial charge in [0.05, 0.1) is 0 Å². The average Bonchev–Trinajstić information content (AvgIpc) is 2.17. The standard InChI is InChI=1S/C10H9BrF3NO/c11-7-3-1-6(2-4-7)8(16)5-9(15)10(12,13)14/h1-4,9H,5,15H2. The van der Waals surface area contributed by atoms with E-state index in [4.69, 9.17) is 5.73 Å². The zero-order valence-corrected chi connectivity index (χ0v) is 9.68. The molecule has 2 N–H and O–H groups in total. The minimum absolute atomic E-state index is 0.225. The van der Waals surface area contributed by atoms with Gasteiger partial charge in [-0.1, -0.05) is 28.1 Å². The third-order valence-electron chi connectivity index (χ3n) is 1.99. The second kappa shape index (κ2) is 4.97. The normalized spacial score (nSPS) is 13.6. The lowest BCUT2D eigenvalue weighted by molar-refractivity contribution is -0.146. The molecule has 16 heavy (non-hydrogen) atoms. The lowest BCUT2D eigenvalue weighted by Gasteiger charge is -2.14. The first-order chi connectivity index (χ1) is 7.30. The number of carbonyl (C=O) groups excluding carboxylic acids is 1. The van der Waals surface area contributed by atoms with Crippen LogP contribution in [0.4, 0.5) is 13.2 Å². The van der Waals surface area contributed by atoms with Gasteiger partial charge in [-0.2, -0.15) is 13.2 Å². The van der Waals surface area contributed by atoms with Gasteiger partial charge in [0.1, 0.15) is 6.04 Å². The van der Waals surface area contributed by atoms with Crippen LogP contribution in [0.25, 0.3) is 0 Å². The van der Waals surface area contributed by atoms with Crippen LogP contribution in [0, 0.1) is 0 Å². The highest BCUT2D eigenvalue weighted by Crippen LogP contribution is 2.22. The van der Waals surface area contributed by atoms with Crippen LogP contribution in [0.2, 0.25) is 0 Å². The molecule has 0 spiro atoms. The molecule has 0 aromatic heterocycles. The number of hydrogen-bond donors (Lipinski definition) is 1. The molecule has 0 aliphatic rings. The number of alkyl halides is 3. The Morgan fingerprint density at radius 1 is 1.31 bits per heavy atom. The maximum atomic E-state index is 12.1. The monoisotopic (exact) mass is 295 g/mol. The molecule has 0 amide bonds. The molecule has 1 unspecified atom stereocenters. The first-order valence-corrected chi connectivity index (χ1v) is 5.21. The highest BCUT2D eigenvalue weighted by molar-refractivity contribution is 9.10. The Kier molecular flexibility index (Phi) is 4.09. The molecular formula is C10H9BrF3NO. The van der Waals surface area contributed by atoms with E-state index in [0.717, 1.165) is 4.47 Å². The molecule has 1 atom stereocenters. The molecule has 0 saturated heterocycles. The molecule has 0 aliphatic heterocycles. The van der Waals surface area contributed by atoms with Crippen LogP contribution in [0.5, 0.6) is 0 Å². The van der Waals surface area contributed by atoms with E-state index >= 15 is 0 Å². The highest BCUT2D eigenvalue weighted by atomic mass is 79.9. The van der Waals surface area contributed by atoms with Crippen molar-refractivity contribution in [3.63, 3.8) is 0 Å². The Balaban J connectivity index is 2.70. The maximum Gasteiger partial charge on any atom is 0.404 e. The zero-order valence-electron chi connectivity index (χ0n) is 8.09. The Hall–Kier alpha value is -0.880. The molecule has 0 aliphatic carbocycles. The average molecular weight is 296 g/mol. The Morgan fingerprint density at radius 2 is 1.81 bits per heavy atom. The molecule has 1 aromatic carbocycles. The van der Waals surface area contributed by atoms with Gasteiger partial charge in [-0.15, -0.1) is 0 Å². The Morgan fingerprint density at radius 3 is 2.25 bits per heavy atom. The lowest BCUT2D eigenvalue weighted by Crippen LogP contribution is -2.39. The molecular weight excluding hydrogens is 287 g/mol. The van der Waals surface area contributed by atoms with Crippen LogP contribution in [0.1, 0.15) is 16.8 Å². The van der Waals surface area contributed by atoms with Crippen molar-refractivity contribution in [3.05, 3.63) is 34.3 Å². The molecule has 1 aromatic rings. The zero-order chi connectivity index (χ0) is 12.3. The number of carbonyl (C=O) groups is 1. The Labute approximate surface area is 98.8 Å². The fourth-order valence-corrected chi connectivity index (χ4v) is 1.33. The lowest BCUT2D eigenvalue weighted by atomic mass is 10.0. The number of hydrogen-bond acceptors (Lipinski definition) is 2. The second-order valence-electron chi connectivity index (χ2n) is 3.28. The van der Waals surface area contributed by atoms with E-state index in [1.165, 1.54) is 12.1 Å². The third-order valence-corrected chi connectivity index (χ3v) is 2.52.